The normalized spacial score (nSPS) is 17.1. The number of nitrogens with two attached hydrogens (primary N) is 1. The van der Waals surface area contributed by atoms with Gasteiger partial charge in [-0.05, 0) is 58.0 Å². The summed E-state index contributed by atoms with van der Waals surface area (Å²) in [6, 6.07) is 2.78. The maximum absolute atomic E-state index is 13.6. The second-order valence-corrected chi connectivity index (χ2v) is 5.63. The van der Waals surface area contributed by atoms with Crippen LogP contribution < -0.4 is 11.1 Å². The van der Waals surface area contributed by atoms with Crippen LogP contribution in [0.25, 0.3) is 0 Å². The van der Waals surface area contributed by atoms with E-state index in [0.29, 0.717) is 29.3 Å². The molecule has 1 amide bonds. The Labute approximate surface area is 119 Å². The highest BCUT2D eigenvalue weighted by Gasteiger charge is 2.18. The van der Waals surface area contributed by atoms with Gasteiger partial charge in [-0.15, -0.1) is 0 Å². The molecule has 0 unspecified atom stereocenters. The lowest BCUT2D eigenvalue weighted by Crippen LogP contribution is -2.36. The average molecular weight is 279 g/mol. The first-order valence-corrected chi connectivity index (χ1v) is 6.99. The first kappa shape index (κ1) is 14.8. The van der Waals surface area contributed by atoms with E-state index in [0.717, 1.165) is 25.9 Å². The number of anilines is 1. The van der Waals surface area contributed by atoms with Crippen molar-refractivity contribution in [3.63, 3.8) is 0 Å². The SMILES string of the molecule is Cc1c(N)cc(C(=O)NCC2CCN(C)CC2)cc1F. The van der Waals surface area contributed by atoms with Crippen molar-refractivity contribution in [3.05, 3.63) is 29.1 Å². The highest BCUT2D eigenvalue weighted by molar-refractivity contribution is 5.95. The van der Waals surface area contributed by atoms with E-state index in [-0.39, 0.29) is 5.91 Å². The summed E-state index contributed by atoms with van der Waals surface area (Å²) in [6.45, 7) is 4.37. The number of nitrogens with zero attached hydrogens (tertiary/aromatic N) is 1. The minimum Gasteiger partial charge on any atom is -0.398 e. The molecule has 1 aliphatic rings. The molecule has 110 valence electrons. The summed E-state index contributed by atoms with van der Waals surface area (Å²) in [5.74, 6) is -0.188. The number of halogens is 1. The van der Waals surface area contributed by atoms with Gasteiger partial charge in [0.15, 0.2) is 0 Å². The molecular formula is C15H22FN3O. The van der Waals surface area contributed by atoms with Crippen molar-refractivity contribution in [2.75, 3.05) is 32.4 Å². The molecule has 1 fully saturated rings. The highest BCUT2D eigenvalue weighted by atomic mass is 19.1. The van der Waals surface area contributed by atoms with Crippen molar-refractivity contribution < 1.29 is 9.18 Å². The zero-order chi connectivity index (χ0) is 14.7. The lowest BCUT2D eigenvalue weighted by molar-refractivity contribution is 0.0938. The monoisotopic (exact) mass is 279 g/mol. The maximum atomic E-state index is 13.6. The second kappa shape index (κ2) is 6.22. The zero-order valence-corrected chi connectivity index (χ0v) is 12.1. The Morgan fingerprint density at radius 2 is 2.10 bits per heavy atom. The Morgan fingerprint density at radius 1 is 1.45 bits per heavy atom. The molecule has 2 rings (SSSR count). The number of nitrogen functional groups attached to an aromatic ring is 1. The molecule has 0 bridgehead atoms. The minimum absolute atomic E-state index is 0.255. The first-order chi connectivity index (χ1) is 9.47. The molecule has 20 heavy (non-hydrogen) atoms. The van der Waals surface area contributed by atoms with Gasteiger partial charge < -0.3 is 16.0 Å². The lowest BCUT2D eigenvalue weighted by atomic mass is 9.97. The van der Waals surface area contributed by atoms with Gasteiger partial charge in [-0.25, -0.2) is 4.39 Å². The number of carbonyl (C=O) groups is 1. The van der Waals surface area contributed by atoms with Gasteiger partial charge in [-0.3, -0.25) is 4.79 Å². The molecule has 1 aromatic carbocycles. The van der Waals surface area contributed by atoms with E-state index in [2.05, 4.69) is 17.3 Å². The summed E-state index contributed by atoms with van der Waals surface area (Å²) in [5.41, 5.74) is 6.68. The number of piperidine rings is 1. The van der Waals surface area contributed by atoms with Crippen LogP contribution in [-0.4, -0.2) is 37.5 Å². The number of amides is 1. The van der Waals surface area contributed by atoms with Gasteiger partial charge in [-0.2, -0.15) is 0 Å². The van der Waals surface area contributed by atoms with Crippen LogP contribution in [0.15, 0.2) is 12.1 Å². The summed E-state index contributed by atoms with van der Waals surface area (Å²) < 4.78 is 13.6. The van der Waals surface area contributed by atoms with Crippen LogP contribution in [-0.2, 0) is 0 Å². The van der Waals surface area contributed by atoms with E-state index in [1.165, 1.54) is 12.1 Å². The summed E-state index contributed by atoms with van der Waals surface area (Å²) in [7, 11) is 2.10. The van der Waals surface area contributed by atoms with Gasteiger partial charge in [0.25, 0.3) is 5.91 Å². The summed E-state index contributed by atoms with van der Waals surface area (Å²) in [5, 5.41) is 2.88. The molecule has 0 aromatic heterocycles. The number of nitrogens with one attached hydrogen (secondary N) is 1. The van der Waals surface area contributed by atoms with Crippen molar-refractivity contribution in [1.82, 2.24) is 10.2 Å². The fraction of sp³-hybridized carbons (Fsp3) is 0.533. The van der Waals surface area contributed by atoms with Crippen LogP contribution in [0, 0.1) is 18.7 Å². The van der Waals surface area contributed by atoms with Crippen LogP contribution in [0.3, 0.4) is 0 Å². The Bertz CT molecular complexity index is 473. The van der Waals surface area contributed by atoms with Gasteiger partial charge in [-0.1, -0.05) is 0 Å². The minimum atomic E-state index is -0.436. The topological polar surface area (TPSA) is 58.4 Å². The molecule has 0 aliphatic carbocycles. The Morgan fingerprint density at radius 3 is 2.70 bits per heavy atom. The molecular weight excluding hydrogens is 257 g/mol. The van der Waals surface area contributed by atoms with E-state index in [1.54, 1.807) is 6.92 Å². The number of likely N-dealkylation sites (tertiary alicyclic amines) is 1. The predicted octanol–water partition coefficient (Wildman–Crippen LogP) is 1.79. The van der Waals surface area contributed by atoms with Gasteiger partial charge in [0.05, 0.1) is 0 Å². The van der Waals surface area contributed by atoms with Gasteiger partial charge >= 0.3 is 0 Å². The van der Waals surface area contributed by atoms with E-state index in [1.807, 2.05) is 0 Å². The quantitative estimate of drug-likeness (QED) is 0.829. The van der Waals surface area contributed by atoms with Crippen molar-refractivity contribution >= 4 is 11.6 Å². The van der Waals surface area contributed by atoms with Crippen molar-refractivity contribution in [3.8, 4) is 0 Å². The highest BCUT2D eigenvalue weighted by Crippen LogP contribution is 2.18. The van der Waals surface area contributed by atoms with Crippen molar-refractivity contribution in [2.45, 2.75) is 19.8 Å². The lowest BCUT2D eigenvalue weighted by Gasteiger charge is -2.28. The molecule has 0 radical (unpaired) electrons. The Hall–Kier alpha value is -1.62. The standard InChI is InChI=1S/C15H22FN3O/c1-10-13(16)7-12(8-14(10)17)15(20)18-9-11-3-5-19(2)6-4-11/h7-8,11H,3-6,9,17H2,1-2H3,(H,18,20). The molecule has 4 nitrogen and oxygen atoms in total. The Kier molecular flexibility index (Phi) is 4.60. The molecule has 1 heterocycles. The van der Waals surface area contributed by atoms with E-state index in [9.17, 15) is 9.18 Å². The largest absolute Gasteiger partial charge is 0.398 e. The molecule has 0 saturated carbocycles. The van der Waals surface area contributed by atoms with Gasteiger partial charge in [0, 0.05) is 23.4 Å². The van der Waals surface area contributed by atoms with Crippen LogP contribution in [0.4, 0.5) is 10.1 Å². The number of hydrogen-bond acceptors (Lipinski definition) is 3. The molecule has 3 N–H and O–H groups in total. The summed E-state index contributed by atoms with van der Waals surface area (Å²) in [4.78, 5) is 14.3. The fourth-order valence-corrected chi connectivity index (χ4v) is 2.44. The third kappa shape index (κ3) is 3.48. The molecule has 0 spiro atoms. The van der Waals surface area contributed by atoms with E-state index in [4.69, 9.17) is 5.73 Å². The molecule has 1 aliphatic heterocycles. The van der Waals surface area contributed by atoms with Crippen molar-refractivity contribution in [1.29, 1.82) is 0 Å². The number of carbonyl (C=O) groups excluding carboxylic acids is 1. The molecule has 1 saturated heterocycles. The Balaban J connectivity index is 1.92. The van der Waals surface area contributed by atoms with Gasteiger partial charge in [0.2, 0.25) is 0 Å². The predicted molar refractivity (Wildman–Crippen MR) is 78.1 cm³/mol. The third-order valence-electron chi connectivity index (χ3n) is 4.04. The molecule has 1 aromatic rings. The van der Waals surface area contributed by atoms with E-state index >= 15 is 0 Å². The summed E-state index contributed by atoms with van der Waals surface area (Å²) in [6.07, 6.45) is 2.17. The number of benzene rings is 1. The van der Waals surface area contributed by atoms with Crippen LogP contribution in [0.2, 0.25) is 0 Å². The number of hydrogen-bond donors (Lipinski definition) is 2. The van der Waals surface area contributed by atoms with Crippen LogP contribution >= 0.6 is 0 Å². The van der Waals surface area contributed by atoms with Crippen molar-refractivity contribution in [2.24, 2.45) is 5.92 Å². The average Bonchev–Trinajstić information content (AvgIpc) is 2.43. The van der Waals surface area contributed by atoms with E-state index < -0.39 is 5.82 Å². The van der Waals surface area contributed by atoms with Crippen LogP contribution in [0.5, 0.6) is 0 Å². The maximum Gasteiger partial charge on any atom is 0.251 e. The second-order valence-electron chi connectivity index (χ2n) is 5.63. The smallest absolute Gasteiger partial charge is 0.251 e. The number of rotatable bonds is 3. The van der Waals surface area contributed by atoms with Crippen LogP contribution in [0.1, 0.15) is 28.8 Å². The molecule has 5 heteroatoms. The third-order valence-corrected chi connectivity index (χ3v) is 4.04. The van der Waals surface area contributed by atoms with Gasteiger partial charge in [0.1, 0.15) is 5.82 Å². The zero-order valence-electron chi connectivity index (χ0n) is 12.1. The molecule has 0 atom stereocenters. The first-order valence-electron chi connectivity index (χ1n) is 6.99. The summed E-state index contributed by atoms with van der Waals surface area (Å²) >= 11 is 0. The fourth-order valence-electron chi connectivity index (χ4n) is 2.44.